The highest BCUT2D eigenvalue weighted by Crippen LogP contribution is 2.44. The maximum Gasteiger partial charge on any atom is 0.270 e. The van der Waals surface area contributed by atoms with Gasteiger partial charge in [0.2, 0.25) is 5.91 Å². The van der Waals surface area contributed by atoms with Crippen molar-refractivity contribution in [3.63, 3.8) is 0 Å². The predicted octanol–water partition coefficient (Wildman–Crippen LogP) is 2.70. The van der Waals surface area contributed by atoms with E-state index < -0.39 is 54.1 Å². The number of hydrogen-bond donors (Lipinski definition) is 2. The van der Waals surface area contributed by atoms with Crippen LogP contribution in [0.3, 0.4) is 0 Å². The molecular formula is C22H28Cl2N2O8. The summed E-state index contributed by atoms with van der Waals surface area (Å²) in [5, 5.41) is 0.892. The molecule has 188 valence electrons. The molecular weight excluding hydrogens is 491 g/mol. The van der Waals surface area contributed by atoms with E-state index in [1.807, 2.05) is 0 Å². The number of hydrazine groups is 1. The summed E-state index contributed by atoms with van der Waals surface area (Å²) < 4.78 is 35.0. The minimum absolute atomic E-state index is 0.117. The molecule has 3 saturated heterocycles. The first-order chi connectivity index (χ1) is 15.9. The number of carbonyl (C=O) groups is 2. The molecule has 10 nitrogen and oxygen atoms in total. The van der Waals surface area contributed by atoms with Crippen LogP contribution in [0.25, 0.3) is 0 Å². The minimum atomic E-state index is -1.07. The summed E-state index contributed by atoms with van der Waals surface area (Å²) in [7, 11) is 0. The van der Waals surface area contributed by atoms with Gasteiger partial charge in [-0.25, -0.2) is 0 Å². The molecule has 0 aliphatic carbocycles. The molecule has 5 atom stereocenters. The lowest BCUT2D eigenvalue weighted by Gasteiger charge is -2.36. The smallest absolute Gasteiger partial charge is 0.270 e. The summed E-state index contributed by atoms with van der Waals surface area (Å²) in [5.74, 6) is -2.33. The first-order valence-electron chi connectivity index (χ1n) is 11.0. The van der Waals surface area contributed by atoms with Crippen LogP contribution in [-0.2, 0) is 33.3 Å². The molecule has 0 radical (unpaired) electrons. The normalized spacial score (nSPS) is 30.8. The van der Waals surface area contributed by atoms with Gasteiger partial charge in [-0.05, 0) is 52.3 Å². The van der Waals surface area contributed by atoms with Crippen molar-refractivity contribution in [3.8, 4) is 5.75 Å². The van der Waals surface area contributed by atoms with Gasteiger partial charge in [0, 0.05) is 11.4 Å². The number of ether oxygens (including phenoxy) is 6. The van der Waals surface area contributed by atoms with Crippen LogP contribution in [0.4, 0.5) is 0 Å². The standard InChI is InChI=1S/C22H28Cl2N2O8/c1-21(2)31-15-16(32-21)18-20(34-22(3,4)33-18)30-17(15)19(28)26-25-14(27)6-5-9-29-13-8-7-11(23)10-12(13)24/h7-8,10,15-18,20H,5-6,9H2,1-4H3,(H,25,27)(H,26,28). The molecule has 2 N–H and O–H groups in total. The largest absolute Gasteiger partial charge is 0.492 e. The highest BCUT2D eigenvalue weighted by Gasteiger charge is 2.62. The maximum absolute atomic E-state index is 12.9. The van der Waals surface area contributed by atoms with Crippen molar-refractivity contribution >= 4 is 35.0 Å². The topological polar surface area (TPSA) is 114 Å². The fourth-order valence-corrected chi connectivity index (χ4v) is 4.56. The Balaban J connectivity index is 1.26. The van der Waals surface area contributed by atoms with Crippen LogP contribution >= 0.6 is 23.2 Å². The number of fused-ring (bicyclic) bond motifs is 3. The van der Waals surface area contributed by atoms with Crippen molar-refractivity contribution in [2.75, 3.05) is 6.61 Å². The van der Waals surface area contributed by atoms with Crippen molar-refractivity contribution in [2.24, 2.45) is 0 Å². The zero-order valence-corrected chi connectivity index (χ0v) is 20.8. The van der Waals surface area contributed by atoms with Crippen molar-refractivity contribution in [1.82, 2.24) is 10.9 Å². The molecule has 1 aromatic carbocycles. The number of rotatable bonds is 6. The summed E-state index contributed by atoms with van der Waals surface area (Å²) in [6, 6.07) is 4.89. The first-order valence-corrected chi connectivity index (χ1v) is 11.7. The van der Waals surface area contributed by atoms with E-state index in [1.165, 1.54) is 0 Å². The molecule has 5 unspecified atom stereocenters. The average Bonchev–Trinajstić information content (AvgIpc) is 3.23. The van der Waals surface area contributed by atoms with Crippen molar-refractivity contribution in [2.45, 2.75) is 82.8 Å². The molecule has 0 spiro atoms. The number of nitrogens with one attached hydrogen (secondary N) is 2. The van der Waals surface area contributed by atoms with E-state index in [9.17, 15) is 9.59 Å². The summed E-state index contributed by atoms with van der Waals surface area (Å²) in [6.07, 6.45) is -3.21. The highest BCUT2D eigenvalue weighted by atomic mass is 35.5. The van der Waals surface area contributed by atoms with E-state index in [0.717, 1.165) is 0 Å². The quantitative estimate of drug-likeness (QED) is 0.436. The lowest BCUT2D eigenvalue weighted by molar-refractivity contribution is -0.231. The van der Waals surface area contributed by atoms with Crippen LogP contribution in [0.5, 0.6) is 5.75 Å². The second-order valence-corrected chi connectivity index (χ2v) is 10.00. The number of benzene rings is 1. The molecule has 0 bridgehead atoms. The predicted molar refractivity (Wildman–Crippen MR) is 120 cm³/mol. The molecule has 34 heavy (non-hydrogen) atoms. The minimum Gasteiger partial charge on any atom is -0.492 e. The van der Waals surface area contributed by atoms with Crippen LogP contribution in [0.2, 0.25) is 10.0 Å². The van der Waals surface area contributed by atoms with E-state index in [2.05, 4.69) is 10.9 Å². The van der Waals surface area contributed by atoms with Gasteiger partial charge in [-0.1, -0.05) is 23.2 Å². The van der Waals surface area contributed by atoms with Crippen molar-refractivity contribution in [1.29, 1.82) is 0 Å². The highest BCUT2D eigenvalue weighted by molar-refractivity contribution is 6.35. The molecule has 3 fully saturated rings. The van der Waals surface area contributed by atoms with Gasteiger partial charge in [0.05, 0.1) is 11.6 Å². The van der Waals surface area contributed by atoms with Crippen LogP contribution in [0, 0.1) is 0 Å². The molecule has 0 aromatic heterocycles. The molecule has 3 heterocycles. The Hall–Kier alpha value is -1.66. The van der Waals surface area contributed by atoms with Gasteiger partial charge < -0.3 is 28.4 Å². The Labute approximate surface area is 207 Å². The van der Waals surface area contributed by atoms with Crippen LogP contribution in [-0.4, -0.2) is 60.7 Å². The fourth-order valence-electron chi connectivity index (χ4n) is 4.10. The number of halogens is 2. The number of hydrogen-bond acceptors (Lipinski definition) is 8. The Morgan fingerprint density at radius 2 is 1.65 bits per heavy atom. The van der Waals surface area contributed by atoms with E-state index in [0.29, 0.717) is 22.2 Å². The summed E-state index contributed by atoms with van der Waals surface area (Å²) in [4.78, 5) is 25.0. The third-order valence-electron chi connectivity index (χ3n) is 5.44. The van der Waals surface area contributed by atoms with E-state index in [1.54, 1.807) is 45.9 Å². The van der Waals surface area contributed by atoms with Gasteiger partial charge >= 0.3 is 0 Å². The lowest BCUT2D eigenvalue weighted by atomic mass is 9.98. The van der Waals surface area contributed by atoms with Gasteiger partial charge in [0.15, 0.2) is 24.0 Å². The molecule has 12 heteroatoms. The van der Waals surface area contributed by atoms with Crippen molar-refractivity contribution < 1.29 is 38.0 Å². The Morgan fingerprint density at radius 1 is 0.971 bits per heavy atom. The van der Waals surface area contributed by atoms with Gasteiger partial charge in [0.1, 0.15) is 24.1 Å². The SMILES string of the molecule is CC1(C)OC2OC(C(=O)NNC(=O)CCCOc3ccc(Cl)cc3Cl)C3OC(C)(C)OC3C2O1. The van der Waals surface area contributed by atoms with Gasteiger partial charge in [-0.3, -0.25) is 20.4 Å². The molecule has 3 aliphatic rings. The summed E-state index contributed by atoms with van der Waals surface area (Å²) in [5.41, 5.74) is 4.78. The van der Waals surface area contributed by atoms with Gasteiger partial charge in [0.25, 0.3) is 5.91 Å². The lowest BCUT2D eigenvalue weighted by Crippen LogP contribution is -2.61. The Bertz CT molecular complexity index is 943. The zero-order chi connectivity index (χ0) is 24.7. The molecule has 0 saturated carbocycles. The van der Waals surface area contributed by atoms with Crippen molar-refractivity contribution in [3.05, 3.63) is 28.2 Å². The molecule has 4 rings (SSSR count). The van der Waals surface area contributed by atoms with E-state index >= 15 is 0 Å². The fraction of sp³-hybridized carbons (Fsp3) is 0.636. The van der Waals surface area contributed by atoms with Gasteiger partial charge in [-0.15, -0.1) is 0 Å². The number of amides is 2. The molecule has 3 aliphatic heterocycles. The third-order valence-corrected chi connectivity index (χ3v) is 5.97. The molecule has 2 amide bonds. The summed E-state index contributed by atoms with van der Waals surface area (Å²) >= 11 is 11.9. The monoisotopic (exact) mass is 518 g/mol. The van der Waals surface area contributed by atoms with E-state index in [-0.39, 0.29) is 13.0 Å². The second-order valence-electron chi connectivity index (χ2n) is 9.15. The maximum atomic E-state index is 12.9. The summed E-state index contributed by atoms with van der Waals surface area (Å²) in [6.45, 7) is 7.26. The third kappa shape index (κ3) is 5.76. The van der Waals surface area contributed by atoms with Crippen LogP contribution < -0.4 is 15.6 Å². The Morgan fingerprint density at radius 3 is 2.38 bits per heavy atom. The van der Waals surface area contributed by atoms with E-state index in [4.69, 9.17) is 51.6 Å². The van der Waals surface area contributed by atoms with Gasteiger partial charge in [-0.2, -0.15) is 0 Å². The van der Waals surface area contributed by atoms with Crippen LogP contribution in [0.15, 0.2) is 18.2 Å². The first kappa shape index (κ1) is 25.4. The second kappa shape index (κ2) is 9.77. The molecule has 1 aromatic rings. The Kier molecular flexibility index (Phi) is 7.31. The average molecular weight is 519 g/mol. The van der Waals surface area contributed by atoms with Crippen LogP contribution in [0.1, 0.15) is 40.5 Å². The zero-order valence-electron chi connectivity index (χ0n) is 19.3. The number of carbonyl (C=O) groups excluding carboxylic acids is 2.